The molecule has 19 heavy (non-hydrogen) atoms. The molecule has 0 aromatic heterocycles. The van der Waals surface area contributed by atoms with E-state index >= 15 is 0 Å². The summed E-state index contributed by atoms with van der Waals surface area (Å²) in [5.74, 6) is -1.23. The topological polar surface area (TPSA) is 102 Å². The minimum absolute atomic E-state index is 0.0104. The number of carboxylic acids is 1. The number of amides is 1. The van der Waals surface area contributed by atoms with E-state index in [2.05, 4.69) is 10.1 Å². The SMILES string of the molecule is COCCSCC(=O)N[C@H](CCC(=O)OC)C(=O)O. The highest BCUT2D eigenvalue weighted by Gasteiger charge is 2.20. The Kier molecular flexibility index (Phi) is 9.91. The number of rotatable bonds is 10. The third kappa shape index (κ3) is 9.32. The summed E-state index contributed by atoms with van der Waals surface area (Å²) in [6, 6.07) is -1.07. The number of esters is 1. The first kappa shape index (κ1) is 17.7. The lowest BCUT2D eigenvalue weighted by Crippen LogP contribution is -2.42. The molecule has 0 aromatic rings. The van der Waals surface area contributed by atoms with Crippen LogP contribution in [0.5, 0.6) is 0 Å². The van der Waals surface area contributed by atoms with Crippen LogP contribution in [-0.2, 0) is 23.9 Å². The van der Waals surface area contributed by atoms with Crippen LogP contribution in [0.15, 0.2) is 0 Å². The largest absolute Gasteiger partial charge is 0.480 e. The molecule has 0 saturated carbocycles. The van der Waals surface area contributed by atoms with Crippen LogP contribution >= 0.6 is 11.8 Å². The minimum Gasteiger partial charge on any atom is -0.480 e. The van der Waals surface area contributed by atoms with Gasteiger partial charge in [-0.25, -0.2) is 4.79 Å². The maximum absolute atomic E-state index is 11.5. The van der Waals surface area contributed by atoms with E-state index in [1.54, 1.807) is 7.11 Å². The second-order valence-corrected chi connectivity index (χ2v) is 4.72. The Morgan fingerprint density at radius 2 is 2.00 bits per heavy atom. The molecular formula is C11H19NO6S. The van der Waals surface area contributed by atoms with Crippen molar-refractivity contribution in [1.82, 2.24) is 5.32 Å². The number of carbonyl (C=O) groups excluding carboxylic acids is 2. The van der Waals surface area contributed by atoms with Crippen LogP contribution < -0.4 is 5.32 Å². The van der Waals surface area contributed by atoms with Crippen molar-refractivity contribution in [2.75, 3.05) is 32.3 Å². The predicted molar refractivity (Wildman–Crippen MR) is 70.0 cm³/mol. The van der Waals surface area contributed by atoms with Crippen molar-refractivity contribution in [1.29, 1.82) is 0 Å². The molecule has 0 aromatic carbocycles. The fraction of sp³-hybridized carbons (Fsp3) is 0.727. The lowest BCUT2D eigenvalue weighted by Gasteiger charge is -2.13. The molecule has 1 atom stereocenters. The van der Waals surface area contributed by atoms with Gasteiger partial charge in [-0.1, -0.05) is 0 Å². The summed E-state index contributed by atoms with van der Waals surface area (Å²) in [5, 5.41) is 11.3. The molecule has 0 radical (unpaired) electrons. The Hall–Kier alpha value is -1.28. The third-order valence-corrected chi connectivity index (χ3v) is 3.08. The highest BCUT2D eigenvalue weighted by atomic mass is 32.2. The number of methoxy groups -OCH3 is 2. The maximum Gasteiger partial charge on any atom is 0.326 e. The number of aliphatic carboxylic acids is 1. The highest BCUT2D eigenvalue weighted by Crippen LogP contribution is 2.02. The van der Waals surface area contributed by atoms with Gasteiger partial charge in [0, 0.05) is 19.3 Å². The molecule has 0 rings (SSSR count). The lowest BCUT2D eigenvalue weighted by atomic mass is 10.1. The Labute approximate surface area is 116 Å². The average molecular weight is 293 g/mol. The highest BCUT2D eigenvalue weighted by molar-refractivity contribution is 7.99. The van der Waals surface area contributed by atoms with E-state index in [9.17, 15) is 14.4 Å². The fourth-order valence-corrected chi connectivity index (χ4v) is 1.86. The monoisotopic (exact) mass is 293 g/mol. The van der Waals surface area contributed by atoms with Gasteiger partial charge in [-0.3, -0.25) is 9.59 Å². The number of carbonyl (C=O) groups is 3. The minimum atomic E-state index is -1.17. The first-order valence-corrected chi connectivity index (χ1v) is 6.82. The van der Waals surface area contributed by atoms with E-state index < -0.39 is 18.0 Å². The van der Waals surface area contributed by atoms with Gasteiger partial charge >= 0.3 is 11.9 Å². The number of nitrogens with one attached hydrogen (secondary N) is 1. The van der Waals surface area contributed by atoms with Crippen molar-refractivity contribution in [3.63, 3.8) is 0 Å². The van der Waals surface area contributed by atoms with Gasteiger partial charge in [0.25, 0.3) is 0 Å². The van der Waals surface area contributed by atoms with E-state index in [0.717, 1.165) is 0 Å². The zero-order valence-electron chi connectivity index (χ0n) is 11.0. The summed E-state index contributed by atoms with van der Waals surface area (Å²) in [4.78, 5) is 33.3. The molecule has 8 heteroatoms. The molecule has 0 aliphatic heterocycles. The van der Waals surface area contributed by atoms with Gasteiger partial charge in [-0.15, -0.1) is 11.8 Å². The van der Waals surface area contributed by atoms with Crippen LogP contribution in [0.1, 0.15) is 12.8 Å². The Morgan fingerprint density at radius 1 is 1.32 bits per heavy atom. The van der Waals surface area contributed by atoms with Crippen LogP contribution in [0.4, 0.5) is 0 Å². The van der Waals surface area contributed by atoms with Crippen molar-refractivity contribution in [2.24, 2.45) is 0 Å². The molecule has 0 unspecified atom stereocenters. The molecule has 0 saturated heterocycles. The number of thioether (sulfide) groups is 1. The molecule has 0 spiro atoms. The second kappa shape index (κ2) is 10.6. The van der Waals surface area contributed by atoms with Crippen molar-refractivity contribution in [3.8, 4) is 0 Å². The molecule has 0 heterocycles. The summed E-state index contributed by atoms with van der Waals surface area (Å²) in [5.41, 5.74) is 0. The molecule has 0 bridgehead atoms. The zero-order chi connectivity index (χ0) is 14.7. The number of hydrogen-bond donors (Lipinski definition) is 2. The molecule has 0 fully saturated rings. The molecular weight excluding hydrogens is 274 g/mol. The van der Waals surface area contributed by atoms with E-state index in [1.807, 2.05) is 0 Å². The van der Waals surface area contributed by atoms with E-state index in [-0.39, 0.29) is 24.5 Å². The molecule has 0 aliphatic rings. The predicted octanol–water partition coefficient (Wildman–Crippen LogP) is -0.111. The molecule has 2 N–H and O–H groups in total. The maximum atomic E-state index is 11.5. The van der Waals surface area contributed by atoms with Crippen molar-refractivity contribution in [3.05, 3.63) is 0 Å². The van der Waals surface area contributed by atoms with Crippen LogP contribution in [0.3, 0.4) is 0 Å². The van der Waals surface area contributed by atoms with Gasteiger partial charge in [0.1, 0.15) is 6.04 Å². The summed E-state index contributed by atoms with van der Waals surface area (Å²) in [6.45, 7) is 0.530. The first-order chi connectivity index (χ1) is 9.01. The van der Waals surface area contributed by atoms with Crippen LogP contribution in [0.25, 0.3) is 0 Å². The van der Waals surface area contributed by atoms with Crippen molar-refractivity contribution < 1.29 is 29.0 Å². The van der Waals surface area contributed by atoms with E-state index in [1.165, 1.54) is 18.9 Å². The quantitative estimate of drug-likeness (QED) is 0.428. The van der Waals surface area contributed by atoms with E-state index in [4.69, 9.17) is 9.84 Å². The van der Waals surface area contributed by atoms with Gasteiger partial charge < -0.3 is 19.9 Å². The van der Waals surface area contributed by atoms with Crippen molar-refractivity contribution >= 4 is 29.6 Å². The standard InChI is InChI=1S/C11H19NO6S/c1-17-5-6-19-7-9(13)12-8(11(15)16)3-4-10(14)18-2/h8H,3-7H2,1-2H3,(H,12,13)(H,15,16)/t8-/m1/s1. The summed E-state index contributed by atoms with van der Waals surface area (Å²) in [6.07, 6.45) is -0.0406. The molecule has 1 amide bonds. The molecule has 110 valence electrons. The van der Waals surface area contributed by atoms with Crippen molar-refractivity contribution in [2.45, 2.75) is 18.9 Å². The zero-order valence-corrected chi connectivity index (χ0v) is 11.8. The number of carboxylic acid groups (broad SMARTS) is 1. The van der Waals surface area contributed by atoms with Crippen LogP contribution in [0, 0.1) is 0 Å². The van der Waals surface area contributed by atoms with E-state index in [0.29, 0.717) is 12.4 Å². The summed E-state index contributed by atoms with van der Waals surface area (Å²) in [7, 11) is 2.79. The normalized spacial score (nSPS) is 11.7. The molecule has 7 nitrogen and oxygen atoms in total. The Balaban J connectivity index is 4.01. The Morgan fingerprint density at radius 3 is 2.53 bits per heavy atom. The smallest absolute Gasteiger partial charge is 0.326 e. The number of ether oxygens (including phenoxy) is 2. The lowest BCUT2D eigenvalue weighted by molar-refractivity contribution is -0.143. The van der Waals surface area contributed by atoms with Gasteiger partial charge in [-0.2, -0.15) is 0 Å². The first-order valence-electron chi connectivity index (χ1n) is 5.67. The number of hydrogen-bond acceptors (Lipinski definition) is 6. The summed E-state index contributed by atoms with van der Waals surface area (Å²) >= 11 is 1.35. The fourth-order valence-electron chi connectivity index (χ4n) is 1.16. The van der Waals surface area contributed by atoms with Gasteiger partial charge in [-0.05, 0) is 6.42 Å². The van der Waals surface area contributed by atoms with Gasteiger partial charge in [0.2, 0.25) is 5.91 Å². The summed E-state index contributed by atoms with van der Waals surface area (Å²) < 4.78 is 9.24. The third-order valence-electron chi connectivity index (χ3n) is 2.16. The van der Waals surface area contributed by atoms with Crippen LogP contribution in [0.2, 0.25) is 0 Å². The second-order valence-electron chi connectivity index (χ2n) is 3.62. The van der Waals surface area contributed by atoms with Gasteiger partial charge in [0.05, 0.1) is 19.5 Å². The average Bonchev–Trinajstić information content (AvgIpc) is 2.38. The van der Waals surface area contributed by atoms with Gasteiger partial charge in [0.15, 0.2) is 0 Å². The Bertz CT molecular complexity index is 310. The molecule has 0 aliphatic carbocycles. The van der Waals surface area contributed by atoms with Crippen LogP contribution in [-0.4, -0.2) is 61.3 Å².